The summed E-state index contributed by atoms with van der Waals surface area (Å²) >= 11 is 0. The summed E-state index contributed by atoms with van der Waals surface area (Å²) in [4.78, 5) is 43.3. The van der Waals surface area contributed by atoms with Crippen molar-refractivity contribution >= 4 is 22.9 Å². The maximum atomic E-state index is 11.9. The van der Waals surface area contributed by atoms with Crippen LogP contribution in [0.3, 0.4) is 0 Å². The quantitative estimate of drug-likeness (QED) is 0.330. The average molecular weight is 294 g/mol. The summed E-state index contributed by atoms with van der Waals surface area (Å²) in [5, 5.41) is 21.4. The molecule has 0 aliphatic rings. The number of Topliss-reactive ketones (excluding diaryl/α,β-unsaturated/α-hetero) is 2. The lowest BCUT2D eigenvalue weighted by atomic mass is 9.99. The number of nitrogens with zero attached hydrogens (tertiary/aromatic N) is 2. The van der Waals surface area contributed by atoms with Crippen LogP contribution in [0.15, 0.2) is 18.2 Å². The maximum absolute atomic E-state index is 11.9. The number of rotatable bonds is 7. The predicted octanol–water partition coefficient (Wildman–Crippen LogP) is 2.69. The Labute approximate surface area is 120 Å². The third-order valence-corrected chi connectivity index (χ3v) is 2.64. The van der Waals surface area contributed by atoms with Crippen LogP contribution in [0.25, 0.3) is 0 Å². The second-order valence-corrected chi connectivity index (χ2v) is 4.99. The highest BCUT2D eigenvalue weighted by molar-refractivity contribution is 6.08. The molecule has 21 heavy (non-hydrogen) atoms. The van der Waals surface area contributed by atoms with Crippen LogP contribution >= 0.6 is 0 Å². The first-order chi connectivity index (χ1) is 9.70. The Morgan fingerprint density at radius 2 is 1.52 bits per heavy atom. The fourth-order valence-corrected chi connectivity index (χ4v) is 1.78. The molecule has 0 heterocycles. The molecule has 0 bridgehead atoms. The molecule has 0 atom stereocenters. The zero-order valence-electron chi connectivity index (χ0n) is 11.6. The third-order valence-electron chi connectivity index (χ3n) is 2.64. The average Bonchev–Trinajstić information content (AvgIpc) is 2.36. The van der Waals surface area contributed by atoms with E-state index in [0.29, 0.717) is 0 Å². The molecule has 0 aliphatic heterocycles. The van der Waals surface area contributed by atoms with Crippen LogP contribution in [0.2, 0.25) is 0 Å². The van der Waals surface area contributed by atoms with Crippen molar-refractivity contribution in [1.82, 2.24) is 0 Å². The molecule has 0 saturated heterocycles. The Kier molecular flexibility index (Phi) is 5.23. The third kappa shape index (κ3) is 4.75. The molecular weight excluding hydrogens is 280 g/mol. The van der Waals surface area contributed by atoms with Gasteiger partial charge in [-0.25, -0.2) is 0 Å². The monoisotopic (exact) mass is 294 g/mol. The van der Waals surface area contributed by atoms with Gasteiger partial charge in [-0.15, -0.1) is 0 Å². The number of carbonyl (C=O) groups is 2. The van der Waals surface area contributed by atoms with E-state index in [0.717, 1.165) is 18.2 Å². The van der Waals surface area contributed by atoms with Gasteiger partial charge in [-0.05, 0) is 5.92 Å². The molecule has 112 valence electrons. The van der Waals surface area contributed by atoms with E-state index < -0.39 is 33.4 Å². The predicted molar refractivity (Wildman–Crippen MR) is 73.2 cm³/mol. The summed E-state index contributed by atoms with van der Waals surface area (Å²) in [5.41, 5.74) is -1.30. The summed E-state index contributed by atoms with van der Waals surface area (Å²) in [5.74, 6) is -0.874. The number of hydrogen-bond donors (Lipinski definition) is 0. The summed E-state index contributed by atoms with van der Waals surface area (Å²) in [6.45, 7) is 3.64. The van der Waals surface area contributed by atoms with Crippen LogP contribution in [-0.2, 0) is 4.79 Å². The van der Waals surface area contributed by atoms with E-state index in [-0.39, 0.29) is 23.7 Å². The van der Waals surface area contributed by atoms with Crippen molar-refractivity contribution in [3.63, 3.8) is 0 Å². The van der Waals surface area contributed by atoms with E-state index in [9.17, 15) is 29.8 Å². The van der Waals surface area contributed by atoms with Gasteiger partial charge in [0, 0.05) is 24.1 Å². The topological polar surface area (TPSA) is 120 Å². The number of benzene rings is 1. The van der Waals surface area contributed by atoms with Crippen LogP contribution < -0.4 is 0 Å². The minimum atomic E-state index is -0.820. The van der Waals surface area contributed by atoms with Crippen LogP contribution in [0.1, 0.15) is 37.0 Å². The van der Waals surface area contributed by atoms with E-state index in [2.05, 4.69) is 0 Å². The molecule has 1 aromatic rings. The molecule has 0 N–H and O–H groups in total. The molecule has 0 spiro atoms. The molecule has 0 amide bonds. The number of ketones is 2. The second-order valence-electron chi connectivity index (χ2n) is 4.99. The van der Waals surface area contributed by atoms with Gasteiger partial charge in [0.2, 0.25) is 0 Å². The van der Waals surface area contributed by atoms with Gasteiger partial charge in [0.15, 0.2) is 5.78 Å². The van der Waals surface area contributed by atoms with Gasteiger partial charge in [-0.1, -0.05) is 13.8 Å². The van der Waals surface area contributed by atoms with Gasteiger partial charge < -0.3 is 0 Å². The number of nitro benzene ring substituents is 2. The molecule has 0 aromatic heterocycles. The molecule has 0 saturated carbocycles. The lowest BCUT2D eigenvalue weighted by Gasteiger charge is -2.04. The van der Waals surface area contributed by atoms with Crippen molar-refractivity contribution in [2.24, 2.45) is 5.92 Å². The number of non-ortho nitro benzene ring substituents is 2. The highest BCUT2D eigenvalue weighted by atomic mass is 16.6. The minimum absolute atomic E-state index is 0.0877. The van der Waals surface area contributed by atoms with Crippen molar-refractivity contribution in [2.45, 2.75) is 26.7 Å². The standard InChI is InChI=1S/C13H14N2O6/c1-8(2)3-12(16)7-13(17)9-4-10(14(18)19)6-11(5-9)15(20)21/h4-6,8H,3,7H2,1-2H3. The van der Waals surface area contributed by atoms with Crippen LogP contribution in [0.5, 0.6) is 0 Å². The van der Waals surface area contributed by atoms with Gasteiger partial charge in [0.1, 0.15) is 5.78 Å². The highest BCUT2D eigenvalue weighted by Crippen LogP contribution is 2.23. The summed E-state index contributed by atoms with van der Waals surface area (Å²) in [6.07, 6.45) is -0.209. The SMILES string of the molecule is CC(C)CC(=O)CC(=O)c1cc([N+](=O)[O-])cc([N+](=O)[O-])c1. The lowest BCUT2D eigenvalue weighted by Crippen LogP contribution is -2.11. The van der Waals surface area contributed by atoms with Crippen molar-refractivity contribution in [2.75, 3.05) is 0 Å². The Balaban J connectivity index is 3.06. The van der Waals surface area contributed by atoms with Crippen molar-refractivity contribution in [3.05, 3.63) is 44.0 Å². The molecule has 8 heteroatoms. The van der Waals surface area contributed by atoms with Crippen molar-refractivity contribution in [1.29, 1.82) is 0 Å². The zero-order valence-corrected chi connectivity index (χ0v) is 11.6. The van der Waals surface area contributed by atoms with Gasteiger partial charge in [-0.2, -0.15) is 0 Å². The van der Waals surface area contributed by atoms with E-state index in [4.69, 9.17) is 0 Å². The van der Waals surface area contributed by atoms with E-state index in [1.54, 1.807) is 0 Å². The van der Waals surface area contributed by atoms with Gasteiger partial charge in [0.05, 0.1) is 22.3 Å². The number of hydrogen-bond acceptors (Lipinski definition) is 6. The van der Waals surface area contributed by atoms with Crippen LogP contribution in [0, 0.1) is 26.1 Å². The Morgan fingerprint density at radius 1 is 1.05 bits per heavy atom. The summed E-state index contributed by atoms with van der Waals surface area (Å²) in [6, 6.07) is 2.66. The Hall–Kier alpha value is -2.64. The van der Waals surface area contributed by atoms with Crippen LogP contribution in [0.4, 0.5) is 11.4 Å². The first kappa shape index (κ1) is 16.4. The van der Waals surface area contributed by atoms with E-state index in [1.165, 1.54) is 0 Å². The molecule has 1 rings (SSSR count). The fourth-order valence-electron chi connectivity index (χ4n) is 1.78. The molecular formula is C13H14N2O6. The fraction of sp³-hybridized carbons (Fsp3) is 0.385. The zero-order chi connectivity index (χ0) is 16.2. The maximum Gasteiger partial charge on any atom is 0.277 e. The minimum Gasteiger partial charge on any atom is -0.299 e. The number of nitro groups is 2. The highest BCUT2D eigenvalue weighted by Gasteiger charge is 2.21. The normalized spacial score (nSPS) is 10.4. The smallest absolute Gasteiger partial charge is 0.277 e. The Bertz CT molecular complexity index is 576. The summed E-state index contributed by atoms with van der Waals surface area (Å²) in [7, 11) is 0. The Morgan fingerprint density at radius 3 is 1.90 bits per heavy atom. The lowest BCUT2D eigenvalue weighted by molar-refractivity contribution is -0.394. The molecule has 8 nitrogen and oxygen atoms in total. The van der Waals surface area contributed by atoms with Crippen LogP contribution in [-0.4, -0.2) is 21.4 Å². The summed E-state index contributed by atoms with van der Waals surface area (Å²) < 4.78 is 0. The van der Waals surface area contributed by atoms with E-state index >= 15 is 0 Å². The molecule has 0 fully saturated rings. The largest absolute Gasteiger partial charge is 0.299 e. The number of carbonyl (C=O) groups excluding carboxylic acids is 2. The van der Waals surface area contributed by atoms with E-state index in [1.807, 2.05) is 13.8 Å². The first-order valence-corrected chi connectivity index (χ1v) is 6.19. The first-order valence-electron chi connectivity index (χ1n) is 6.19. The molecule has 0 aliphatic carbocycles. The van der Waals surface area contributed by atoms with Crippen molar-refractivity contribution < 1.29 is 19.4 Å². The molecule has 0 unspecified atom stereocenters. The molecule has 0 radical (unpaired) electrons. The van der Waals surface area contributed by atoms with Gasteiger partial charge in [-0.3, -0.25) is 29.8 Å². The van der Waals surface area contributed by atoms with Crippen molar-refractivity contribution in [3.8, 4) is 0 Å². The molecule has 1 aromatic carbocycles. The second kappa shape index (κ2) is 6.69. The van der Waals surface area contributed by atoms with Gasteiger partial charge in [0.25, 0.3) is 11.4 Å². The van der Waals surface area contributed by atoms with Gasteiger partial charge >= 0.3 is 0 Å².